The van der Waals surface area contributed by atoms with Crippen molar-refractivity contribution in [2.24, 2.45) is 0 Å². The van der Waals surface area contributed by atoms with E-state index in [0.29, 0.717) is 5.56 Å². The Balaban J connectivity index is 3.40. The minimum atomic E-state index is -3.50. The summed E-state index contributed by atoms with van der Waals surface area (Å²) >= 11 is 0. The van der Waals surface area contributed by atoms with Gasteiger partial charge in [0.05, 0.1) is 18.1 Å². The maximum Gasteiger partial charge on any atom is 0.174 e. The molecule has 0 aliphatic carbocycles. The number of hydrogen-bond acceptors (Lipinski definition) is 4. The fourth-order valence-electron chi connectivity index (χ4n) is 1.42. The van der Waals surface area contributed by atoms with E-state index in [-0.39, 0.29) is 10.5 Å². The van der Waals surface area contributed by atoms with Crippen LogP contribution >= 0.6 is 0 Å². The van der Waals surface area contributed by atoms with Gasteiger partial charge in [-0.1, -0.05) is 30.3 Å². The normalized spacial score (nSPS) is 13.4. The third kappa shape index (κ3) is 2.91. The van der Waals surface area contributed by atoms with Crippen molar-refractivity contribution in [3.63, 3.8) is 0 Å². The van der Waals surface area contributed by atoms with Crippen LogP contribution < -0.4 is 0 Å². The minimum absolute atomic E-state index is 0.138. The molecule has 0 atom stereocenters. The van der Waals surface area contributed by atoms with E-state index in [9.17, 15) is 13.5 Å². The van der Waals surface area contributed by atoms with Crippen molar-refractivity contribution in [2.75, 3.05) is 19.5 Å². The van der Waals surface area contributed by atoms with Gasteiger partial charge in [0.1, 0.15) is 0 Å². The van der Waals surface area contributed by atoms with Gasteiger partial charge in [0.25, 0.3) is 0 Å². The first-order valence-electron chi connectivity index (χ1n) is 4.70. The second-order valence-corrected chi connectivity index (χ2v) is 5.39. The van der Waals surface area contributed by atoms with Crippen molar-refractivity contribution in [2.45, 2.75) is 0 Å². The minimum Gasteiger partial charge on any atom is -0.392 e. The predicted molar refractivity (Wildman–Crippen MR) is 62.4 cm³/mol. The Morgan fingerprint density at radius 3 is 2.06 bits per heavy atom. The Morgan fingerprint density at radius 1 is 1.12 bits per heavy atom. The van der Waals surface area contributed by atoms with Gasteiger partial charge in [0.2, 0.25) is 0 Å². The molecule has 0 aromatic heterocycles. The molecule has 16 heavy (non-hydrogen) atoms. The van der Waals surface area contributed by atoms with Crippen LogP contribution in [-0.4, -0.2) is 38.1 Å². The summed E-state index contributed by atoms with van der Waals surface area (Å²) in [5.41, 5.74) is 0.838. The quantitative estimate of drug-likeness (QED) is 0.802. The van der Waals surface area contributed by atoms with Crippen LogP contribution in [0, 0.1) is 0 Å². The lowest BCUT2D eigenvalue weighted by Gasteiger charge is -2.10. The van der Waals surface area contributed by atoms with Gasteiger partial charge >= 0.3 is 0 Å². The van der Waals surface area contributed by atoms with E-state index in [0.717, 1.165) is 6.26 Å². The molecular formula is C11H14O4S. The average molecular weight is 242 g/mol. The van der Waals surface area contributed by atoms with Crippen LogP contribution in [-0.2, 0) is 9.84 Å². The molecule has 1 aromatic rings. The fraction of sp³-hybridized carbons (Fsp3) is 0.273. The van der Waals surface area contributed by atoms with Crippen molar-refractivity contribution >= 4 is 15.4 Å². The number of aliphatic hydroxyl groups excluding tert-OH is 2. The predicted octanol–water partition coefficient (Wildman–Crippen LogP) is 0.427. The topological polar surface area (TPSA) is 74.6 Å². The highest BCUT2D eigenvalue weighted by molar-refractivity contribution is 7.94. The lowest BCUT2D eigenvalue weighted by Crippen LogP contribution is -2.10. The molecule has 1 rings (SSSR count). The highest BCUT2D eigenvalue weighted by Gasteiger charge is 2.17. The summed E-state index contributed by atoms with van der Waals surface area (Å²) in [6.07, 6.45) is 1.01. The Hall–Kier alpha value is -1.17. The zero-order valence-corrected chi connectivity index (χ0v) is 9.74. The van der Waals surface area contributed by atoms with E-state index in [2.05, 4.69) is 0 Å². The molecule has 2 N–H and O–H groups in total. The molecule has 0 unspecified atom stereocenters. The van der Waals surface area contributed by atoms with Crippen LogP contribution in [0.4, 0.5) is 0 Å². The van der Waals surface area contributed by atoms with Crippen LogP contribution in [0.25, 0.3) is 5.57 Å². The summed E-state index contributed by atoms with van der Waals surface area (Å²) in [4.78, 5) is -0.138. The average Bonchev–Trinajstić information content (AvgIpc) is 2.25. The van der Waals surface area contributed by atoms with Gasteiger partial charge < -0.3 is 10.2 Å². The summed E-state index contributed by atoms with van der Waals surface area (Å²) in [7, 11) is -3.50. The molecule has 0 radical (unpaired) electrons. The third-order valence-electron chi connectivity index (χ3n) is 2.21. The van der Waals surface area contributed by atoms with Crippen LogP contribution in [0.3, 0.4) is 0 Å². The molecule has 0 aliphatic heterocycles. The second-order valence-electron chi connectivity index (χ2n) is 3.36. The summed E-state index contributed by atoms with van der Waals surface area (Å²) in [6.45, 7) is -1.03. The molecule has 0 saturated heterocycles. The van der Waals surface area contributed by atoms with Gasteiger partial charge in [-0.3, -0.25) is 0 Å². The first kappa shape index (κ1) is 12.9. The molecule has 4 nitrogen and oxygen atoms in total. The molecule has 1 aromatic carbocycles. The van der Waals surface area contributed by atoms with Gasteiger partial charge in [-0.05, 0) is 5.56 Å². The molecule has 0 aliphatic rings. The van der Waals surface area contributed by atoms with Crippen LogP contribution in [0.2, 0.25) is 0 Å². The van der Waals surface area contributed by atoms with Crippen molar-refractivity contribution in [1.82, 2.24) is 0 Å². The number of aliphatic hydroxyl groups is 2. The third-order valence-corrected chi connectivity index (χ3v) is 3.48. The smallest absolute Gasteiger partial charge is 0.174 e. The van der Waals surface area contributed by atoms with E-state index >= 15 is 0 Å². The highest BCUT2D eigenvalue weighted by atomic mass is 32.2. The lowest BCUT2D eigenvalue weighted by molar-refractivity contribution is 0.330. The Bertz CT molecular complexity index is 474. The van der Waals surface area contributed by atoms with E-state index in [4.69, 9.17) is 5.11 Å². The lowest BCUT2D eigenvalue weighted by atomic mass is 10.1. The molecule has 0 fully saturated rings. The summed E-state index contributed by atoms with van der Waals surface area (Å²) in [6, 6.07) is 8.64. The molecule has 0 saturated carbocycles. The molecule has 0 bridgehead atoms. The maximum atomic E-state index is 11.4. The molecule has 0 amide bonds. The van der Waals surface area contributed by atoms with Gasteiger partial charge in [0, 0.05) is 11.8 Å². The second kappa shape index (κ2) is 5.25. The first-order chi connectivity index (χ1) is 7.50. The Morgan fingerprint density at radius 2 is 1.69 bits per heavy atom. The summed E-state index contributed by atoms with van der Waals surface area (Å²) < 4.78 is 22.8. The SMILES string of the molecule is CS(=O)(=O)/C(CO)=C(\CO)c1ccccc1. The van der Waals surface area contributed by atoms with E-state index < -0.39 is 23.1 Å². The first-order valence-corrected chi connectivity index (χ1v) is 6.59. The van der Waals surface area contributed by atoms with Crippen LogP contribution in [0.15, 0.2) is 35.2 Å². The molecular weight excluding hydrogens is 228 g/mol. The van der Waals surface area contributed by atoms with Crippen molar-refractivity contribution < 1.29 is 18.6 Å². The van der Waals surface area contributed by atoms with Crippen LogP contribution in [0.5, 0.6) is 0 Å². The van der Waals surface area contributed by atoms with E-state index in [1.54, 1.807) is 30.3 Å². The Labute approximate surface area is 94.8 Å². The van der Waals surface area contributed by atoms with Crippen LogP contribution in [0.1, 0.15) is 5.56 Å². The van der Waals surface area contributed by atoms with Gasteiger partial charge in [-0.2, -0.15) is 0 Å². The molecule has 0 heterocycles. The van der Waals surface area contributed by atoms with Gasteiger partial charge in [0.15, 0.2) is 9.84 Å². The summed E-state index contributed by atoms with van der Waals surface area (Å²) in [5.74, 6) is 0. The monoisotopic (exact) mass is 242 g/mol. The number of rotatable bonds is 4. The van der Waals surface area contributed by atoms with Crippen molar-refractivity contribution in [3.05, 3.63) is 40.8 Å². The van der Waals surface area contributed by atoms with Gasteiger partial charge in [-0.25, -0.2) is 8.42 Å². The standard InChI is InChI=1S/C11H14O4S/c1-16(14,15)11(8-13)10(7-12)9-5-3-2-4-6-9/h2-6,12-13H,7-8H2,1H3/b11-10+. The fourth-order valence-corrected chi connectivity index (χ4v) is 2.28. The Kier molecular flexibility index (Phi) is 4.23. The summed E-state index contributed by atoms with van der Waals surface area (Å²) in [5, 5.41) is 18.3. The molecule has 0 spiro atoms. The highest BCUT2D eigenvalue weighted by Crippen LogP contribution is 2.21. The molecule has 88 valence electrons. The number of sulfone groups is 1. The van der Waals surface area contributed by atoms with E-state index in [1.807, 2.05) is 0 Å². The zero-order valence-electron chi connectivity index (χ0n) is 8.92. The largest absolute Gasteiger partial charge is 0.392 e. The molecule has 5 heteroatoms. The van der Waals surface area contributed by atoms with Crippen molar-refractivity contribution in [1.29, 1.82) is 0 Å². The number of hydrogen-bond donors (Lipinski definition) is 2. The number of benzene rings is 1. The van der Waals surface area contributed by atoms with Gasteiger partial charge in [-0.15, -0.1) is 0 Å². The zero-order chi connectivity index (χ0) is 12.2. The van der Waals surface area contributed by atoms with Crippen molar-refractivity contribution in [3.8, 4) is 0 Å². The van der Waals surface area contributed by atoms with E-state index in [1.165, 1.54) is 0 Å². The maximum absolute atomic E-state index is 11.4.